The largest absolute Gasteiger partial charge is 0.493 e. The lowest BCUT2D eigenvalue weighted by atomic mass is 9.82. The van der Waals surface area contributed by atoms with Gasteiger partial charge in [0.1, 0.15) is 11.6 Å². The Morgan fingerprint density at radius 2 is 1.52 bits per heavy atom. The van der Waals surface area contributed by atoms with Crippen LogP contribution in [-0.2, 0) is 4.74 Å². The number of carbonyl (C=O) groups excluding carboxylic acids is 1. The highest BCUT2D eigenvalue weighted by Crippen LogP contribution is 2.37. The van der Waals surface area contributed by atoms with Gasteiger partial charge in [-0.15, -0.1) is 0 Å². The highest BCUT2D eigenvalue weighted by atomic mass is 19.2. The number of halogens is 3. The van der Waals surface area contributed by atoms with E-state index in [2.05, 4.69) is 13.8 Å². The van der Waals surface area contributed by atoms with E-state index in [0.717, 1.165) is 45.1 Å². The number of carbonyl (C=O) groups is 1. The van der Waals surface area contributed by atoms with E-state index in [1.165, 1.54) is 30.3 Å². The number of rotatable bonds is 12. The van der Waals surface area contributed by atoms with Crippen LogP contribution in [0.1, 0.15) is 87.1 Å². The van der Waals surface area contributed by atoms with E-state index < -0.39 is 29.2 Å². The zero-order chi connectivity index (χ0) is 28.5. The van der Waals surface area contributed by atoms with Crippen LogP contribution in [0.15, 0.2) is 54.6 Å². The average Bonchev–Trinajstić information content (AvgIpc) is 2.96. The summed E-state index contributed by atoms with van der Waals surface area (Å²) >= 11 is 0. The van der Waals surface area contributed by atoms with E-state index >= 15 is 0 Å². The van der Waals surface area contributed by atoms with Crippen LogP contribution in [0.3, 0.4) is 0 Å². The summed E-state index contributed by atoms with van der Waals surface area (Å²) in [4.78, 5) is 12.7. The van der Waals surface area contributed by atoms with Gasteiger partial charge in [-0.05, 0) is 85.9 Å². The standard InChI is InChI=1S/C33H37F3O4/c1-3-5-19-38-25-13-11-23(12-14-25)28-17-18-30(32(36)31(28)35)40-33(37)24-9-7-22(8-10-24)27-16-15-26(21-29(27)34)39-20-6-4-2/h7-10,15-18,21,23,25H,3-6,11-14,19-20H2,1-2H3. The molecule has 0 N–H and O–H groups in total. The van der Waals surface area contributed by atoms with Crippen LogP contribution < -0.4 is 9.47 Å². The molecule has 1 fully saturated rings. The number of benzene rings is 3. The Morgan fingerprint density at radius 3 is 2.20 bits per heavy atom. The van der Waals surface area contributed by atoms with Gasteiger partial charge in [-0.2, -0.15) is 4.39 Å². The summed E-state index contributed by atoms with van der Waals surface area (Å²) in [5.41, 5.74) is 1.35. The molecule has 4 rings (SSSR count). The third kappa shape index (κ3) is 7.45. The number of hydrogen-bond donors (Lipinski definition) is 0. The molecule has 0 heterocycles. The highest BCUT2D eigenvalue weighted by Gasteiger charge is 2.27. The molecule has 40 heavy (non-hydrogen) atoms. The molecule has 0 aliphatic heterocycles. The van der Waals surface area contributed by atoms with Crippen molar-refractivity contribution in [2.75, 3.05) is 13.2 Å². The second-order valence-corrected chi connectivity index (χ2v) is 10.3. The average molecular weight is 555 g/mol. The fraction of sp³-hybridized carbons (Fsp3) is 0.424. The smallest absolute Gasteiger partial charge is 0.343 e. The third-order valence-corrected chi connectivity index (χ3v) is 7.38. The molecule has 4 nitrogen and oxygen atoms in total. The topological polar surface area (TPSA) is 44.8 Å². The molecule has 1 aliphatic rings. The predicted octanol–water partition coefficient (Wildman–Crippen LogP) is 9.01. The molecule has 0 atom stereocenters. The molecule has 3 aromatic rings. The molecular weight excluding hydrogens is 517 g/mol. The van der Waals surface area contributed by atoms with Crippen molar-refractivity contribution in [3.05, 3.63) is 83.2 Å². The van der Waals surface area contributed by atoms with Crippen LogP contribution in [0, 0.1) is 17.5 Å². The molecule has 0 bridgehead atoms. The molecule has 1 saturated carbocycles. The summed E-state index contributed by atoms with van der Waals surface area (Å²) in [5, 5.41) is 0. The minimum Gasteiger partial charge on any atom is -0.493 e. The lowest BCUT2D eigenvalue weighted by Crippen LogP contribution is -2.22. The number of esters is 1. The molecular formula is C33H37F3O4. The van der Waals surface area contributed by atoms with Gasteiger partial charge in [-0.25, -0.2) is 13.6 Å². The Labute approximate surface area is 234 Å². The predicted molar refractivity (Wildman–Crippen MR) is 149 cm³/mol. The molecule has 0 aromatic heterocycles. The lowest BCUT2D eigenvalue weighted by Gasteiger charge is -2.29. The van der Waals surface area contributed by atoms with Crippen molar-refractivity contribution in [2.45, 2.75) is 77.2 Å². The van der Waals surface area contributed by atoms with E-state index in [9.17, 15) is 18.0 Å². The first-order valence-corrected chi connectivity index (χ1v) is 14.3. The van der Waals surface area contributed by atoms with Crippen molar-refractivity contribution in [2.24, 2.45) is 0 Å². The maximum absolute atomic E-state index is 15.0. The Balaban J connectivity index is 1.37. The van der Waals surface area contributed by atoms with Gasteiger partial charge in [-0.3, -0.25) is 0 Å². The molecule has 214 valence electrons. The summed E-state index contributed by atoms with van der Waals surface area (Å²) in [6, 6.07) is 13.6. The molecule has 3 aromatic carbocycles. The minimum absolute atomic E-state index is 0.102. The van der Waals surface area contributed by atoms with Crippen molar-refractivity contribution in [3.63, 3.8) is 0 Å². The normalized spacial score (nSPS) is 17.0. The molecule has 0 amide bonds. The second-order valence-electron chi connectivity index (χ2n) is 10.3. The van der Waals surface area contributed by atoms with Crippen LogP contribution in [-0.4, -0.2) is 25.3 Å². The summed E-state index contributed by atoms with van der Waals surface area (Å²) < 4.78 is 61.2. The first kappa shape index (κ1) is 29.7. The van der Waals surface area contributed by atoms with Crippen molar-refractivity contribution >= 4 is 5.97 Å². The van der Waals surface area contributed by atoms with Crippen LogP contribution in [0.2, 0.25) is 0 Å². The van der Waals surface area contributed by atoms with Gasteiger partial charge in [0, 0.05) is 18.2 Å². The molecule has 0 saturated heterocycles. The highest BCUT2D eigenvalue weighted by molar-refractivity contribution is 5.91. The van der Waals surface area contributed by atoms with Crippen LogP contribution in [0.25, 0.3) is 11.1 Å². The number of hydrogen-bond acceptors (Lipinski definition) is 4. The first-order chi connectivity index (χ1) is 19.4. The van der Waals surface area contributed by atoms with Crippen molar-refractivity contribution in [1.82, 2.24) is 0 Å². The Hall–Kier alpha value is -3.32. The van der Waals surface area contributed by atoms with Gasteiger partial charge >= 0.3 is 5.97 Å². The van der Waals surface area contributed by atoms with Crippen LogP contribution in [0.4, 0.5) is 13.2 Å². The summed E-state index contributed by atoms with van der Waals surface area (Å²) in [7, 11) is 0. The number of ether oxygens (including phenoxy) is 3. The SMILES string of the molecule is CCCCOc1ccc(-c2ccc(C(=O)Oc3ccc(C4CCC(OCCCC)CC4)c(F)c3F)cc2)c(F)c1. The van der Waals surface area contributed by atoms with E-state index in [0.29, 0.717) is 41.9 Å². The summed E-state index contributed by atoms with van der Waals surface area (Å²) in [6.45, 7) is 5.42. The lowest BCUT2D eigenvalue weighted by molar-refractivity contribution is 0.0230. The van der Waals surface area contributed by atoms with Crippen molar-refractivity contribution in [1.29, 1.82) is 0 Å². The molecule has 0 unspecified atom stereocenters. The van der Waals surface area contributed by atoms with Crippen molar-refractivity contribution in [3.8, 4) is 22.6 Å². The van der Waals surface area contributed by atoms with Gasteiger partial charge < -0.3 is 14.2 Å². The summed E-state index contributed by atoms with van der Waals surface area (Å²) in [6.07, 6.45) is 7.18. The monoisotopic (exact) mass is 554 g/mol. The van der Waals surface area contributed by atoms with Gasteiger partial charge in [-0.1, -0.05) is 44.9 Å². The zero-order valence-electron chi connectivity index (χ0n) is 23.2. The van der Waals surface area contributed by atoms with E-state index in [-0.39, 0.29) is 17.6 Å². The van der Waals surface area contributed by atoms with Gasteiger partial charge in [0.25, 0.3) is 0 Å². The molecule has 0 spiro atoms. The maximum Gasteiger partial charge on any atom is 0.343 e. The Bertz CT molecular complexity index is 1270. The van der Waals surface area contributed by atoms with Gasteiger partial charge in [0.2, 0.25) is 5.82 Å². The fourth-order valence-electron chi connectivity index (χ4n) is 4.97. The molecule has 7 heteroatoms. The third-order valence-electron chi connectivity index (χ3n) is 7.38. The maximum atomic E-state index is 15.0. The zero-order valence-corrected chi connectivity index (χ0v) is 23.2. The van der Waals surface area contributed by atoms with Crippen LogP contribution >= 0.6 is 0 Å². The van der Waals surface area contributed by atoms with Gasteiger partial charge in [0.15, 0.2) is 11.6 Å². The Morgan fingerprint density at radius 1 is 0.825 bits per heavy atom. The van der Waals surface area contributed by atoms with Crippen molar-refractivity contribution < 1.29 is 32.2 Å². The fourth-order valence-corrected chi connectivity index (χ4v) is 4.97. The van der Waals surface area contributed by atoms with E-state index in [1.807, 2.05) is 0 Å². The first-order valence-electron chi connectivity index (χ1n) is 14.3. The number of unbranched alkanes of at least 4 members (excludes halogenated alkanes) is 2. The minimum atomic E-state index is -1.17. The van der Waals surface area contributed by atoms with Crippen LogP contribution in [0.5, 0.6) is 11.5 Å². The van der Waals surface area contributed by atoms with E-state index in [1.54, 1.807) is 24.3 Å². The second kappa shape index (κ2) is 14.4. The molecule has 0 radical (unpaired) electrons. The van der Waals surface area contributed by atoms with E-state index in [4.69, 9.17) is 14.2 Å². The molecule has 1 aliphatic carbocycles. The van der Waals surface area contributed by atoms with Gasteiger partial charge in [0.05, 0.1) is 18.3 Å². The Kier molecular flexibility index (Phi) is 10.6. The quantitative estimate of drug-likeness (QED) is 0.127. The summed E-state index contributed by atoms with van der Waals surface area (Å²) in [5.74, 6) is -3.53.